The van der Waals surface area contributed by atoms with Crippen LogP contribution in [0.25, 0.3) is 27.8 Å². The highest BCUT2D eigenvalue weighted by Crippen LogP contribution is 2.66. The van der Waals surface area contributed by atoms with Crippen molar-refractivity contribution in [3.8, 4) is 22.3 Å². The summed E-state index contributed by atoms with van der Waals surface area (Å²) in [5.74, 6) is 0. The van der Waals surface area contributed by atoms with Crippen LogP contribution >= 0.6 is 0 Å². The summed E-state index contributed by atoms with van der Waals surface area (Å²) in [7, 11) is 0. The minimum absolute atomic E-state index is 0.104. The second-order valence-corrected chi connectivity index (χ2v) is 14.0. The van der Waals surface area contributed by atoms with Crippen LogP contribution in [0.15, 0.2) is 170 Å². The molecule has 4 aliphatic carbocycles. The molecule has 228 valence electrons. The first-order valence-electron chi connectivity index (χ1n) is 17.0. The van der Waals surface area contributed by atoms with Crippen LogP contribution < -0.4 is 4.90 Å². The molecule has 0 saturated heterocycles. The van der Waals surface area contributed by atoms with Gasteiger partial charge < -0.3 is 4.90 Å². The van der Waals surface area contributed by atoms with Crippen LogP contribution in [0.3, 0.4) is 0 Å². The van der Waals surface area contributed by atoms with Crippen LogP contribution in [0.4, 0.5) is 5.69 Å². The standard InChI is InChI=1S/C47H35N/c1-4-5-17-35-32-20-10-15-27-40(32)47(38-25-13-8-18-30(38)31-19-9-14-26-39(31)47)45(35)48(44-33-21-6-7-22-34(33)44)42-29-16-28-41-43(42)36-23-11-12-24-37(36)46(41,2)3/h4-29,44H,1H2,2-3H3/b17-5-. The van der Waals surface area contributed by atoms with Gasteiger partial charge >= 0.3 is 0 Å². The molecule has 10 rings (SSSR count). The molecule has 0 N–H and O–H groups in total. The zero-order chi connectivity index (χ0) is 32.2. The Balaban J connectivity index is 1.38. The predicted molar refractivity (Wildman–Crippen MR) is 199 cm³/mol. The van der Waals surface area contributed by atoms with Crippen molar-refractivity contribution in [3.63, 3.8) is 0 Å². The Kier molecular flexibility index (Phi) is 5.54. The Labute approximate surface area is 282 Å². The van der Waals surface area contributed by atoms with Crippen LogP contribution in [0.1, 0.15) is 64.4 Å². The van der Waals surface area contributed by atoms with Gasteiger partial charge in [0.25, 0.3) is 0 Å². The van der Waals surface area contributed by atoms with Gasteiger partial charge in [-0.25, -0.2) is 0 Å². The number of fused-ring (bicyclic) bond motifs is 11. The molecule has 4 aliphatic rings. The number of allylic oxidation sites excluding steroid dienone is 5. The Morgan fingerprint density at radius 2 is 1.04 bits per heavy atom. The molecule has 0 aliphatic heterocycles. The van der Waals surface area contributed by atoms with Crippen molar-refractivity contribution in [1.29, 1.82) is 0 Å². The summed E-state index contributed by atoms with van der Waals surface area (Å²) < 4.78 is 0. The fourth-order valence-electron chi connectivity index (χ4n) is 9.47. The Morgan fingerprint density at radius 3 is 1.67 bits per heavy atom. The highest BCUT2D eigenvalue weighted by atomic mass is 15.2. The molecule has 0 unspecified atom stereocenters. The summed E-state index contributed by atoms with van der Waals surface area (Å²) in [6.07, 6.45) is 6.33. The minimum Gasteiger partial charge on any atom is -0.331 e. The van der Waals surface area contributed by atoms with Crippen LogP contribution in [0.5, 0.6) is 0 Å². The van der Waals surface area contributed by atoms with Crippen LogP contribution in [-0.2, 0) is 10.8 Å². The van der Waals surface area contributed by atoms with Gasteiger partial charge in [0.05, 0.1) is 11.5 Å². The van der Waals surface area contributed by atoms with Gasteiger partial charge in [0.15, 0.2) is 0 Å². The first kappa shape index (κ1) is 27.5. The van der Waals surface area contributed by atoms with Crippen LogP contribution in [-0.4, -0.2) is 0 Å². The first-order valence-corrected chi connectivity index (χ1v) is 17.0. The van der Waals surface area contributed by atoms with E-state index < -0.39 is 5.41 Å². The molecule has 1 heteroatoms. The molecular formula is C47H35N. The maximum absolute atomic E-state index is 4.11. The quantitative estimate of drug-likeness (QED) is 0.175. The van der Waals surface area contributed by atoms with Gasteiger partial charge in [-0.05, 0) is 67.3 Å². The van der Waals surface area contributed by atoms with Gasteiger partial charge in [0.1, 0.15) is 0 Å². The van der Waals surface area contributed by atoms with Crippen molar-refractivity contribution >= 4 is 11.3 Å². The van der Waals surface area contributed by atoms with Gasteiger partial charge in [-0.3, -0.25) is 0 Å². The van der Waals surface area contributed by atoms with E-state index in [1.165, 1.54) is 83.7 Å². The summed E-state index contributed by atoms with van der Waals surface area (Å²) in [5, 5.41) is 0. The third kappa shape index (κ3) is 3.31. The normalized spacial score (nSPS) is 16.7. The van der Waals surface area contributed by atoms with E-state index in [1.807, 2.05) is 6.08 Å². The molecule has 0 saturated carbocycles. The van der Waals surface area contributed by atoms with Crippen molar-refractivity contribution in [1.82, 2.24) is 0 Å². The molecule has 48 heavy (non-hydrogen) atoms. The lowest BCUT2D eigenvalue weighted by atomic mass is 9.71. The number of nitrogens with zero attached hydrogens (tertiary/aromatic N) is 1. The monoisotopic (exact) mass is 613 g/mol. The average molecular weight is 614 g/mol. The number of rotatable bonds is 5. The maximum Gasteiger partial charge on any atom is 0.0878 e. The van der Waals surface area contributed by atoms with Crippen LogP contribution in [0, 0.1) is 0 Å². The van der Waals surface area contributed by atoms with E-state index in [-0.39, 0.29) is 11.5 Å². The van der Waals surface area contributed by atoms with Gasteiger partial charge in [0.2, 0.25) is 0 Å². The topological polar surface area (TPSA) is 3.24 Å². The van der Waals surface area contributed by atoms with E-state index in [0.717, 1.165) is 0 Å². The summed E-state index contributed by atoms with van der Waals surface area (Å²) in [5.41, 5.74) is 19.4. The highest BCUT2D eigenvalue weighted by Gasteiger charge is 2.57. The third-order valence-electron chi connectivity index (χ3n) is 11.4. The van der Waals surface area contributed by atoms with Crippen molar-refractivity contribution < 1.29 is 0 Å². The number of benzene rings is 6. The number of anilines is 1. The third-order valence-corrected chi connectivity index (χ3v) is 11.4. The van der Waals surface area contributed by atoms with Crippen LogP contribution in [0.2, 0.25) is 0 Å². The molecule has 6 aromatic carbocycles. The fourth-order valence-corrected chi connectivity index (χ4v) is 9.47. The number of hydrogen-bond donors (Lipinski definition) is 0. The van der Waals surface area contributed by atoms with E-state index in [9.17, 15) is 0 Å². The Hall–Kier alpha value is -5.66. The SMILES string of the molecule is C=C/C=C\C1=C(N(c2cccc3c2-c2ccccc2C3(C)C)C2c3ccccc32)C2(c3ccccc31)c1ccccc1-c1ccccc12. The van der Waals surface area contributed by atoms with Crippen molar-refractivity contribution in [3.05, 3.63) is 215 Å². The zero-order valence-electron chi connectivity index (χ0n) is 27.2. The molecule has 0 heterocycles. The molecule has 0 amide bonds. The second-order valence-electron chi connectivity index (χ2n) is 14.0. The van der Waals surface area contributed by atoms with E-state index >= 15 is 0 Å². The van der Waals surface area contributed by atoms with E-state index in [1.54, 1.807) is 0 Å². The molecule has 0 radical (unpaired) electrons. The van der Waals surface area contributed by atoms with Gasteiger partial charge in [0, 0.05) is 27.9 Å². The lowest BCUT2D eigenvalue weighted by molar-refractivity contribution is 0.659. The first-order chi connectivity index (χ1) is 23.6. The molecule has 0 fully saturated rings. The number of hydrogen-bond acceptors (Lipinski definition) is 1. The van der Waals surface area contributed by atoms with Gasteiger partial charge in [-0.15, -0.1) is 0 Å². The summed E-state index contributed by atoms with van der Waals surface area (Å²) in [6.45, 7) is 8.87. The van der Waals surface area contributed by atoms with Crippen molar-refractivity contribution in [2.75, 3.05) is 4.90 Å². The average Bonchev–Trinajstić information content (AvgIpc) is 3.58. The van der Waals surface area contributed by atoms with E-state index in [2.05, 4.69) is 177 Å². The summed E-state index contributed by atoms with van der Waals surface area (Å²) in [4.78, 5) is 2.74. The molecule has 1 nitrogen and oxygen atoms in total. The molecular weight excluding hydrogens is 579 g/mol. The largest absolute Gasteiger partial charge is 0.331 e. The summed E-state index contributed by atoms with van der Waals surface area (Å²) >= 11 is 0. The van der Waals surface area contributed by atoms with Gasteiger partial charge in [-0.2, -0.15) is 0 Å². The molecule has 6 aromatic rings. The predicted octanol–water partition coefficient (Wildman–Crippen LogP) is 11.4. The fraction of sp³-hybridized carbons (Fsp3) is 0.106. The van der Waals surface area contributed by atoms with E-state index in [0.29, 0.717) is 0 Å². The maximum atomic E-state index is 4.11. The second kappa shape index (κ2) is 9.69. The zero-order valence-corrected chi connectivity index (χ0v) is 27.2. The van der Waals surface area contributed by atoms with E-state index in [4.69, 9.17) is 0 Å². The highest BCUT2D eigenvalue weighted by molar-refractivity contribution is 6.01. The molecule has 1 spiro atoms. The van der Waals surface area contributed by atoms with Crippen molar-refractivity contribution in [2.24, 2.45) is 0 Å². The Morgan fingerprint density at radius 1 is 0.542 bits per heavy atom. The smallest absolute Gasteiger partial charge is 0.0878 e. The minimum atomic E-state index is -0.513. The summed E-state index contributed by atoms with van der Waals surface area (Å²) in [6, 6.07) is 52.5. The molecule has 0 bridgehead atoms. The lowest BCUT2D eigenvalue weighted by Crippen LogP contribution is -2.37. The Bertz CT molecular complexity index is 2350. The van der Waals surface area contributed by atoms with Gasteiger partial charge in [-0.1, -0.05) is 172 Å². The molecule has 0 atom stereocenters. The lowest BCUT2D eigenvalue weighted by Gasteiger charge is -2.41. The van der Waals surface area contributed by atoms with Crippen molar-refractivity contribution in [2.45, 2.75) is 30.7 Å². The molecule has 0 aromatic heterocycles.